The number of ether oxygens (including phenoxy) is 1. The summed E-state index contributed by atoms with van der Waals surface area (Å²) in [5.41, 5.74) is 3.66. The highest BCUT2D eigenvalue weighted by molar-refractivity contribution is 6.28. The van der Waals surface area contributed by atoms with Gasteiger partial charge in [-0.25, -0.2) is 0 Å². The van der Waals surface area contributed by atoms with E-state index in [4.69, 9.17) is 4.74 Å². The summed E-state index contributed by atoms with van der Waals surface area (Å²) >= 11 is 0. The van der Waals surface area contributed by atoms with Gasteiger partial charge in [0.15, 0.2) is 11.6 Å². The highest BCUT2D eigenvalue weighted by atomic mass is 16.5. The van der Waals surface area contributed by atoms with E-state index in [9.17, 15) is 14.4 Å². The fraction of sp³-hybridized carbons (Fsp3) is 0.208. The first-order valence-electron chi connectivity index (χ1n) is 9.70. The zero-order valence-corrected chi connectivity index (χ0v) is 16.0. The molecule has 0 fully saturated rings. The van der Waals surface area contributed by atoms with Gasteiger partial charge in [0, 0.05) is 40.3 Å². The fourth-order valence-electron chi connectivity index (χ4n) is 4.55. The van der Waals surface area contributed by atoms with E-state index < -0.39 is 5.92 Å². The molecule has 1 unspecified atom stereocenters. The molecule has 1 aliphatic heterocycles. The number of fused-ring (bicyclic) bond motifs is 1. The van der Waals surface area contributed by atoms with Crippen molar-refractivity contribution in [3.05, 3.63) is 87.8 Å². The summed E-state index contributed by atoms with van der Waals surface area (Å²) in [6.45, 7) is 0. The van der Waals surface area contributed by atoms with E-state index in [1.165, 1.54) is 0 Å². The molecule has 2 aliphatic carbocycles. The number of ketones is 3. The van der Waals surface area contributed by atoms with E-state index in [2.05, 4.69) is 5.32 Å². The standard InChI is InChI=1S/C24H19NO4/c1-29-14-11-9-13(10-12-14)19-20-17(7-4-8-18(20)26)25-22-21(19)23(27)15-5-2-3-6-16(15)24(22)28/h2-3,5-6,9-12,19,25H,4,7-8H2,1H3. The number of Topliss-reactive ketones (excluding diaryl/α,β-unsaturated/α-hetero) is 3. The Hall–Kier alpha value is -3.47. The molecule has 3 aliphatic rings. The number of nitrogens with one attached hydrogen (secondary N) is 1. The van der Waals surface area contributed by atoms with Gasteiger partial charge >= 0.3 is 0 Å². The van der Waals surface area contributed by atoms with Crippen LogP contribution in [0.25, 0.3) is 0 Å². The number of carbonyl (C=O) groups is 3. The Labute approximate surface area is 168 Å². The summed E-state index contributed by atoms with van der Waals surface area (Å²) in [7, 11) is 1.59. The van der Waals surface area contributed by atoms with E-state index in [0.717, 1.165) is 17.7 Å². The van der Waals surface area contributed by atoms with Crippen molar-refractivity contribution in [1.82, 2.24) is 5.32 Å². The summed E-state index contributed by atoms with van der Waals surface area (Å²) < 4.78 is 5.25. The molecule has 5 rings (SSSR count). The lowest BCUT2D eigenvalue weighted by Gasteiger charge is -2.36. The van der Waals surface area contributed by atoms with Crippen molar-refractivity contribution in [2.45, 2.75) is 25.2 Å². The SMILES string of the molecule is COc1ccc(C2C3=C(CCCC3=O)NC3=C2C(=O)c2ccccc2C3=O)cc1. The zero-order valence-electron chi connectivity index (χ0n) is 16.0. The van der Waals surface area contributed by atoms with Crippen LogP contribution in [-0.2, 0) is 4.79 Å². The highest BCUT2D eigenvalue weighted by Crippen LogP contribution is 2.45. The van der Waals surface area contributed by atoms with Crippen LogP contribution in [0.5, 0.6) is 5.75 Å². The molecule has 0 aromatic heterocycles. The van der Waals surface area contributed by atoms with Crippen molar-refractivity contribution >= 4 is 17.3 Å². The summed E-state index contributed by atoms with van der Waals surface area (Å²) in [6, 6.07) is 14.2. The predicted octanol–water partition coefficient (Wildman–Crippen LogP) is 3.72. The lowest BCUT2D eigenvalue weighted by Crippen LogP contribution is -2.40. The topological polar surface area (TPSA) is 72.5 Å². The predicted molar refractivity (Wildman–Crippen MR) is 107 cm³/mol. The summed E-state index contributed by atoms with van der Waals surface area (Å²) in [6.07, 6.45) is 1.88. The second-order valence-corrected chi connectivity index (χ2v) is 7.49. The molecule has 0 spiro atoms. The molecular formula is C24H19NO4. The molecule has 1 heterocycles. The molecule has 0 saturated carbocycles. The van der Waals surface area contributed by atoms with Gasteiger partial charge in [0.25, 0.3) is 0 Å². The highest BCUT2D eigenvalue weighted by Gasteiger charge is 2.44. The van der Waals surface area contributed by atoms with E-state index in [-0.39, 0.29) is 17.3 Å². The van der Waals surface area contributed by atoms with Crippen molar-refractivity contribution in [2.75, 3.05) is 7.11 Å². The first kappa shape index (κ1) is 17.6. The average Bonchev–Trinajstić information content (AvgIpc) is 2.76. The van der Waals surface area contributed by atoms with Crippen molar-refractivity contribution in [3.8, 4) is 5.75 Å². The second kappa shape index (κ2) is 6.55. The Morgan fingerprint density at radius 3 is 2.24 bits per heavy atom. The van der Waals surface area contributed by atoms with Gasteiger partial charge in [-0.3, -0.25) is 14.4 Å². The minimum Gasteiger partial charge on any atom is -0.497 e. The third kappa shape index (κ3) is 2.58. The molecule has 0 bridgehead atoms. The van der Waals surface area contributed by atoms with E-state index >= 15 is 0 Å². The third-order valence-corrected chi connectivity index (χ3v) is 5.92. The molecule has 0 radical (unpaired) electrons. The maximum atomic E-state index is 13.5. The number of methoxy groups -OCH3 is 1. The molecule has 0 amide bonds. The maximum absolute atomic E-state index is 13.5. The Kier molecular flexibility index (Phi) is 3.98. The molecule has 29 heavy (non-hydrogen) atoms. The van der Waals surface area contributed by atoms with Gasteiger partial charge in [0.2, 0.25) is 5.78 Å². The van der Waals surface area contributed by atoms with Crippen LogP contribution < -0.4 is 10.1 Å². The Morgan fingerprint density at radius 1 is 0.862 bits per heavy atom. The number of rotatable bonds is 2. The van der Waals surface area contributed by atoms with Gasteiger partial charge in [-0.2, -0.15) is 0 Å². The van der Waals surface area contributed by atoms with Crippen LogP contribution in [0.15, 0.2) is 71.1 Å². The van der Waals surface area contributed by atoms with Crippen LogP contribution in [0.2, 0.25) is 0 Å². The third-order valence-electron chi connectivity index (χ3n) is 5.92. The van der Waals surface area contributed by atoms with Gasteiger partial charge in [-0.15, -0.1) is 0 Å². The number of hydrogen-bond donors (Lipinski definition) is 1. The molecule has 1 atom stereocenters. The molecule has 2 aromatic carbocycles. The average molecular weight is 385 g/mol. The lowest BCUT2D eigenvalue weighted by molar-refractivity contribution is -0.116. The van der Waals surface area contributed by atoms with Gasteiger partial charge in [-0.1, -0.05) is 36.4 Å². The number of hydrogen-bond acceptors (Lipinski definition) is 5. The first-order valence-corrected chi connectivity index (χ1v) is 9.70. The van der Waals surface area contributed by atoms with Gasteiger partial charge in [0.05, 0.1) is 12.8 Å². The summed E-state index contributed by atoms with van der Waals surface area (Å²) in [5.74, 6) is -0.223. The first-order chi connectivity index (χ1) is 14.1. The number of allylic oxidation sites excluding steroid dienone is 4. The molecule has 1 N–H and O–H groups in total. The lowest BCUT2D eigenvalue weighted by atomic mass is 9.70. The number of benzene rings is 2. The maximum Gasteiger partial charge on any atom is 0.210 e. The van der Waals surface area contributed by atoms with Crippen LogP contribution in [-0.4, -0.2) is 24.5 Å². The van der Waals surface area contributed by atoms with Crippen molar-refractivity contribution in [3.63, 3.8) is 0 Å². The Bertz CT molecular complexity index is 1140. The molecule has 5 nitrogen and oxygen atoms in total. The van der Waals surface area contributed by atoms with Gasteiger partial charge in [-0.05, 0) is 30.5 Å². The quantitative estimate of drug-likeness (QED) is 0.853. The van der Waals surface area contributed by atoms with Gasteiger partial charge in [0.1, 0.15) is 5.75 Å². The minimum absolute atomic E-state index is 0.0326. The van der Waals surface area contributed by atoms with Gasteiger partial charge < -0.3 is 10.1 Å². The summed E-state index contributed by atoms with van der Waals surface area (Å²) in [4.78, 5) is 39.6. The normalized spacial score (nSPS) is 20.7. The van der Waals surface area contributed by atoms with Crippen LogP contribution in [0, 0.1) is 0 Å². The van der Waals surface area contributed by atoms with E-state index in [1.807, 2.05) is 24.3 Å². The van der Waals surface area contributed by atoms with Crippen molar-refractivity contribution < 1.29 is 19.1 Å². The molecule has 0 saturated heterocycles. The molecule has 144 valence electrons. The minimum atomic E-state index is -0.551. The van der Waals surface area contributed by atoms with Crippen LogP contribution in [0.4, 0.5) is 0 Å². The number of dihydropyridines is 1. The van der Waals surface area contributed by atoms with Crippen LogP contribution in [0.1, 0.15) is 51.5 Å². The Morgan fingerprint density at radius 2 is 1.55 bits per heavy atom. The summed E-state index contributed by atoms with van der Waals surface area (Å²) in [5, 5.41) is 3.17. The zero-order chi connectivity index (χ0) is 20.1. The molecule has 2 aromatic rings. The smallest absolute Gasteiger partial charge is 0.210 e. The Balaban J connectivity index is 1.74. The second-order valence-electron chi connectivity index (χ2n) is 7.49. The fourth-order valence-corrected chi connectivity index (χ4v) is 4.55. The van der Waals surface area contributed by atoms with E-state index in [1.54, 1.807) is 31.4 Å². The van der Waals surface area contributed by atoms with Crippen molar-refractivity contribution in [1.29, 1.82) is 0 Å². The number of carbonyl (C=O) groups excluding carboxylic acids is 3. The molecule has 5 heteroatoms. The van der Waals surface area contributed by atoms with Crippen LogP contribution in [0.3, 0.4) is 0 Å². The van der Waals surface area contributed by atoms with Crippen LogP contribution >= 0.6 is 0 Å². The molecular weight excluding hydrogens is 366 g/mol. The van der Waals surface area contributed by atoms with Crippen molar-refractivity contribution in [2.24, 2.45) is 0 Å². The largest absolute Gasteiger partial charge is 0.497 e. The van der Waals surface area contributed by atoms with E-state index in [0.29, 0.717) is 46.6 Å². The monoisotopic (exact) mass is 385 g/mol.